The fourth-order valence-corrected chi connectivity index (χ4v) is 2.46. The average molecular weight is 314 g/mol. The normalized spacial score (nSPS) is 11.7. The van der Waals surface area contributed by atoms with E-state index in [2.05, 4.69) is 15.2 Å². The number of rotatable bonds is 5. The molecule has 1 heterocycles. The Bertz CT molecular complexity index is 596. The minimum Gasteiger partial charge on any atom is -0.496 e. The summed E-state index contributed by atoms with van der Waals surface area (Å²) in [5, 5.41) is 17.8. The van der Waals surface area contributed by atoms with E-state index in [9.17, 15) is 5.11 Å². The molecule has 2 aromatic rings. The highest BCUT2D eigenvalue weighted by Crippen LogP contribution is 2.31. The molecule has 20 heavy (non-hydrogen) atoms. The topological polar surface area (TPSA) is 71.0 Å². The fraction of sp³-hybridized carbons (Fsp3) is 0.385. The van der Waals surface area contributed by atoms with Crippen molar-refractivity contribution in [2.75, 3.05) is 12.9 Å². The molecule has 0 spiro atoms. The molecule has 0 aliphatic heterocycles. The molecule has 0 aliphatic rings. The fourth-order valence-electron chi connectivity index (χ4n) is 1.54. The van der Waals surface area contributed by atoms with Crippen molar-refractivity contribution in [2.24, 2.45) is 0 Å². The third-order valence-corrected chi connectivity index (χ3v) is 3.96. The number of ether oxygens (including phenoxy) is 1. The van der Waals surface area contributed by atoms with E-state index in [4.69, 9.17) is 16.3 Å². The number of benzene rings is 1. The number of methoxy groups -OCH3 is 1. The number of thioether (sulfide) groups is 1. The predicted octanol–water partition coefficient (Wildman–Crippen LogP) is 3.00. The highest BCUT2D eigenvalue weighted by Gasteiger charge is 2.16. The summed E-state index contributed by atoms with van der Waals surface area (Å²) in [7, 11) is 1.59. The zero-order valence-electron chi connectivity index (χ0n) is 11.5. The lowest BCUT2D eigenvalue weighted by Crippen LogP contribution is -2.21. The van der Waals surface area contributed by atoms with Crippen LogP contribution in [0.15, 0.2) is 23.4 Å². The molecule has 0 amide bonds. The van der Waals surface area contributed by atoms with Gasteiger partial charge in [0.05, 0.1) is 18.3 Å². The molecule has 0 unspecified atom stereocenters. The van der Waals surface area contributed by atoms with Gasteiger partial charge >= 0.3 is 0 Å². The summed E-state index contributed by atoms with van der Waals surface area (Å²) >= 11 is 7.38. The number of H-pyrrole nitrogens is 1. The SMILES string of the molecule is COc1ccc(Cl)cc1-c1nc(SCC(C)(C)O)n[nH]1. The van der Waals surface area contributed by atoms with Gasteiger partial charge in [0.15, 0.2) is 5.82 Å². The summed E-state index contributed by atoms with van der Waals surface area (Å²) in [6, 6.07) is 5.30. The van der Waals surface area contributed by atoms with Gasteiger partial charge < -0.3 is 9.84 Å². The third-order valence-electron chi connectivity index (χ3n) is 2.44. The number of aromatic amines is 1. The van der Waals surface area contributed by atoms with E-state index < -0.39 is 5.60 Å². The molecule has 0 saturated heterocycles. The number of hydrogen-bond donors (Lipinski definition) is 2. The lowest BCUT2D eigenvalue weighted by molar-refractivity contribution is 0.107. The monoisotopic (exact) mass is 313 g/mol. The lowest BCUT2D eigenvalue weighted by atomic mass is 10.2. The van der Waals surface area contributed by atoms with Gasteiger partial charge in [-0.2, -0.15) is 0 Å². The van der Waals surface area contributed by atoms with Crippen LogP contribution >= 0.6 is 23.4 Å². The number of aliphatic hydroxyl groups is 1. The Kier molecular flexibility index (Phi) is 4.57. The van der Waals surface area contributed by atoms with Crippen molar-refractivity contribution in [1.82, 2.24) is 15.2 Å². The number of hydrogen-bond acceptors (Lipinski definition) is 5. The summed E-state index contributed by atoms with van der Waals surface area (Å²) in [4.78, 5) is 4.38. The molecular formula is C13H16ClN3O2S. The van der Waals surface area contributed by atoms with E-state index >= 15 is 0 Å². The summed E-state index contributed by atoms with van der Waals surface area (Å²) in [6.07, 6.45) is 0. The van der Waals surface area contributed by atoms with Crippen LogP contribution < -0.4 is 4.74 Å². The van der Waals surface area contributed by atoms with E-state index in [1.165, 1.54) is 11.8 Å². The standard InChI is InChI=1S/C13H16ClN3O2S/c1-13(2,18)7-20-12-15-11(16-17-12)9-6-8(14)4-5-10(9)19-3/h4-6,18H,7H2,1-3H3,(H,15,16,17). The highest BCUT2D eigenvalue weighted by molar-refractivity contribution is 7.99. The first-order chi connectivity index (χ1) is 9.39. The molecule has 5 nitrogen and oxygen atoms in total. The minimum atomic E-state index is -0.765. The van der Waals surface area contributed by atoms with E-state index in [0.717, 1.165) is 5.56 Å². The molecule has 108 valence electrons. The molecule has 2 N–H and O–H groups in total. The Morgan fingerprint density at radius 3 is 2.85 bits per heavy atom. The highest BCUT2D eigenvalue weighted by atomic mass is 35.5. The van der Waals surface area contributed by atoms with Crippen LogP contribution in [-0.4, -0.2) is 38.8 Å². The van der Waals surface area contributed by atoms with Crippen molar-refractivity contribution in [3.63, 3.8) is 0 Å². The molecule has 0 atom stereocenters. The van der Waals surface area contributed by atoms with Crippen molar-refractivity contribution in [3.05, 3.63) is 23.2 Å². The van der Waals surface area contributed by atoms with Crippen molar-refractivity contribution < 1.29 is 9.84 Å². The molecule has 1 aromatic carbocycles. The Labute approximate surface area is 126 Å². The van der Waals surface area contributed by atoms with Crippen LogP contribution in [0.3, 0.4) is 0 Å². The zero-order chi connectivity index (χ0) is 14.8. The van der Waals surface area contributed by atoms with E-state index in [1.54, 1.807) is 39.2 Å². The van der Waals surface area contributed by atoms with Crippen molar-refractivity contribution >= 4 is 23.4 Å². The molecule has 0 bridgehead atoms. The molecule has 0 aliphatic carbocycles. The molecule has 0 saturated carbocycles. The van der Waals surface area contributed by atoms with Crippen LogP contribution in [0.25, 0.3) is 11.4 Å². The van der Waals surface area contributed by atoms with Gasteiger partial charge in [0.25, 0.3) is 0 Å². The number of nitrogens with zero attached hydrogens (tertiary/aromatic N) is 2. The quantitative estimate of drug-likeness (QED) is 0.830. The molecule has 7 heteroatoms. The number of aromatic nitrogens is 3. The first kappa shape index (κ1) is 15.2. The average Bonchev–Trinajstić information content (AvgIpc) is 2.84. The second kappa shape index (κ2) is 6.03. The maximum atomic E-state index is 9.70. The van der Waals surface area contributed by atoms with E-state index in [-0.39, 0.29) is 0 Å². The lowest BCUT2D eigenvalue weighted by Gasteiger charge is -2.14. The zero-order valence-corrected chi connectivity index (χ0v) is 13.0. The first-order valence-corrected chi connectivity index (χ1v) is 7.37. The Balaban J connectivity index is 2.22. The van der Waals surface area contributed by atoms with Crippen LogP contribution in [0.2, 0.25) is 5.02 Å². The summed E-state index contributed by atoms with van der Waals surface area (Å²) < 4.78 is 5.29. The van der Waals surface area contributed by atoms with E-state index in [1.807, 2.05) is 0 Å². The number of nitrogens with one attached hydrogen (secondary N) is 1. The van der Waals surface area contributed by atoms with Crippen molar-refractivity contribution in [3.8, 4) is 17.1 Å². The van der Waals surface area contributed by atoms with Crippen LogP contribution in [0.4, 0.5) is 0 Å². The van der Waals surface area contributed by atoms with Crippen molar-refractivity contribution in [1.29, 1.82) is 0 Å². The Hall–Kier alpha value is -1.24. The summed E-state index contributed by atoms with van der Waals surface area (Å²) in [6.45, 7) is 3.49. The molecule has 1 aromatic heterocycles. The minimum absolute atomic E-state index is 0.511. The van der Waals surface area contributed by atoms with Gasteiger partial charge in [-0.1, -0.05) is 23.4 Å². The van der Waals surface area contributed by atoms with Crippen LogP contribution in [0, 0.1) is 0 Å². The third kappa shape index (κ3) is 3.88. The Morgan fingerprint density at radius 2 is 2.20 bits per heavy atom. The van der Waals surface area contributed by atoms with Gasteiger partial charge in [0, 0.05) is 10.8 Å². The molecule has 0 fully saturated rings. The smallest absolute Gasteiger partial charge is 0.208 e. The van der Waals surface area contributed by atoms with Crippen LogP contribution in [-0.2, 0) is 0 Å². The second-order valence-corrected chi connectivity index (χ2v) is 6.29. The van der Waals surface area contributed by atoms with Gasteiger partial charge in [0.2, 0.25) is 5.16 Å². The van der Waals surface area contributed by atoms with E-state index in [0.29, 0.717) is 27.5 Å². The van der Waals surface area contributed by atoms with Gasteiger partial charge in [-0.15, -0.1) is 5.10 Å². The number of halogens is 1. The van der Waals surface area contributed by atoms with Crippen LogP contribution in [0.1, 0.15) is 13.8 Å². The first-order valence-electron chi connectivity index (χ1n) is 6.00. The predicted molar refractivity (Wildman–Crippen MR) is 80.4 cm³/mol. The van der Waals surface area contributed by atoms with Crippen LogP contribution in [0.5, 0.6) is 5.75 Å². The molecular weight excluding hydrogens is 298 g/mol. The van der Waals surface area contributed by atoms with Gasteiger partial charge in [-0.3, -0.25) is 5.10 Å². The molecule has 2 rings (SSSR count). The largest absolute Gasteiger partial charge is 0.496 e. The van der Waals surface area contributed by atoms with Crippen molar-refractivity contribution in [2.45, 2.75) is 24.6 Å². The maximum absolute atomic E-state index is 9.70. The van der Waals surface area contributed by atoms with Gasteiger partial charge in [-0.25, -0.2) is 4.98 Å². The summed E-state index contributed by atoms with van der Waals surface area (Å²) in [5.41, 5.74) is -0.0123. The Morgan fingerprint density at radius 1 is 1.45 bits per heavy atom. The second-order valence-electron chi connectivity index (χ2n) is 4.91. The molecule has 0 radical (unpaired) electrons. The van der Waals surface area contributed by atoms with Gasteiger partial charge in [0.1, 0.15) is 5.75 Å². The summed E-state index contributed by atoms with van der Waals surface area (Å²) in [5.74, 6) is 1.77. The van der Waals surface area contributed by atoms with Gasteiger partial charge in [-0.05, 0) is 32.0 Å². The maximum Gasteiger partial charge on any atom is 0.208 e.